The molecule has 0 saturated carbocycles. The molecule has 24 heavy (non-hydrogen) atoms. The van der Waals surface area contributed by atoms with E-state index in [2.05, 4.69) is 5.32 Å². The van der Waals surface area contributed by atoms with E-state index in [1.807, 2.05) is 30.3 Å². The molecular weight excluding hydrogens is 309 g/mol. The van der Waals surface area contributed by atoms with Gasteiger partial charge in [0.2, 0.25) is 0 Å². The summed E-state index contributed by atoms with van der Waals surface area (Å²) in [6.07, 6.45) is 1.61. The van der Waals surface area contributed by atoms with E-state index < -0.39 is 17.3 Å². The van der Waals surface area contributed by atoms with Gasteiger partial charge in [-0.2, -0.15) is 0 Å². The summed E-state index contributed by atoms with van der Waals surface area (Å²) in [4.78, 5) is 24.0. The molecule has 0 spiro atoms. The minimum absolute atomic E-state index is 0.113. The largest absolute Gasteiger partial charge is 0.417 e. The van der Waals surface area contributed by atoms with Crippen LogP contribution in [0.1, 0.15) is 22.5 Å². The van der Waals surface area contributed by atoms with Crippen LogP contribution in [0.2, 0.25) is 0 Å². The predicted molar refractivity (Wildman–Crippen MR) is 89.5 cm³/mol. The second-order valence-corrected chi connectivity index (χ2v) is 5.47. The Morgan fingerprint density at radius 1 is 1.08 bits per heavy atom. The SMILES string of the molecule is O=C(NCCCc1ccccc1)c1cc2cc(F)ccc2c(=O)o1. The fraction of sp³-hybridized carbons (Fsp3) is 0.158. The van der Waals surface area contributed by atoms with Crippen LogP contribution >= 0.6 is 0 Å². The molecule has 0 aliphatic rings. The van der Waals surface area contributed by atoms with Gasteiger partial charge in [-0.15, -0.1) is 0 Å². The van der Waals surface area contributed by atoms with Crippen molar-refractivity contribution in [1.82, 2.24) is 5.32 Å². The molecule has 0 aliphatic heterocycles. The number of aryl methyl sites for hydroxylation is 1. The Balaban J connectivity index is 1.64. The van der Waals surface area contributed by atoms with Crippen molar-refractivity contribution < 1.29 is 13.6 Å². The molecule has 122 valence electrons. The summed E-state index contributed by atoms with van der Waals surface area (Å²) in [5, 5.41) is 3.31. The van der Waals surface area contributed by atoms with Gasteiger partial charge in [0.15, 0.2) is 5.76 Å². The number of carbonyl (C=O) groups is 1. The zero-order valence-electron chi connectivity index (χ0n) is 12.9. The summed E-state index contributed by atoms with van der Waals surface area (Å²) >= 11 is 0. The zero-order valence-corrected chi connectivity index (χ0v) is 12.9. The molecule has 0 fully saturated rings. The topological polar surface area (TPSA) is 59.3 Å². The molecule has 2 aromatic carbocycles. The normalized spacial score (nSPS) is 10.7. The van der Waals surface area contributed by atoms with Crippen LogP contribution in [0.15, 0.2) is 63.8 Å². The van der Waals surface area contributed by atoms with Gasteiger partial charge in [0.25, 0.3) is 5.91 Å². The summed E-state index contributed by atoms with van der Waals surface area (Å²) in [5.41, 5.74) is 0.543. The lowest BCUT2D eigenvalue weighted by molar-refractivity contribution is 0.0921. The number of amides is 1. The van der Waals surface area contributed by atoms with Crippen LogP contribution in [0, 0.1) is 5.82 Å². The van der Waals surface area contributed by atoms with Crippen molar-refractivity contribution in [3.63, 3.8) is 0 Å². The summed E-state index contributed by atoms with van der Waals surface area (Å²) in [6.45, 7) is 0.457. The average molecular weight is 325 g/mol. The lowest BCUT2D eigenvalue weighted by Crippen LogP contribution is -2.25. The van der Waals surface area contributed by atoms with Gasteiger partial charge in [0, 0.05) is 6.54 Å². The van der Waals surface area contributed by atoms with Gasteiger partial charge in [0.1, 0.15) is 5.82 Å². The average Bonchev–Trinajstić information content (AvgIpc) is 2.59. The first-order valence-corrected chi connectivity index (χ1v) is 7.69. The number of hydrogen-bond donors (Lipinski definition) is 1. The second-order valence-electron chi connectivity index (χ2n) is 5.47. The van der Waals surface area contributed by atoms with Crippen LogP contribution in [0.25, 0.3) is 10.8 Å². The summed E-state index contributed by atoms with van der Waals surface area (Å²) in [5.74, 6) is -1.06. The number of benzene rings is 2. The van der Waals surface area contributed by atoms with Crippen molar-refractivity contribution in [3.05, 3.63) is 82.2 Å². The first-order chi connectivity index (χ1) is 11.6. The van der Waals surface area contributed by atoms with Crippen molar-refractivity contribution >= 4 is 16.7 Å². The minimum atomic E-state index is -0.651. The van der Waals surface area contributed by atoms with E-state index in [0.29, 0.717) is 11.9 Å². The molecule has 3 aromatic rings. The molecule has 3 rings (SSSR count). The second kappa shape index (κ2) is 7.08. The van der Waals surface area contributed by atoms with Crippen molar-refractivity contribution in [1.29, 1.82) is 0 Å². The van der Waals surface area contributed by atoms with Gasteiger partial charge in [-0.25, -0.2) is 9.18 Å². The molecule has 5 heteroatoms. The third-order valence-corrected chi connectivity index (χ3v) is 3.72. The zero-order chi connectivity index (χ0) is 16.9. The lowest BCUT2D eigenvalue weighted by Gasteiger charge is -2.05. The Kier molecular flexibility index (Phi) is 4.70. The van der Waals surface area contributed by atoms with E-state index in [9.17, 15) is 14.0 Å². The smallest absolute Gasteiger partial charge is 0.344 e. The molecule has 0 bridgehead atoms. The van der Waals surface area contributed by atoms with Gasteiger partial charge in [-0.05, 0) is 48.1 Å². The molecule has 0 radical (unpaired) electrons. The molecule has 4 nitrogen and oxygen atoms in total. The van der Waals surface area contributed by atoms with Crippen LogP contribution in [0.3, 0.4) is 0 Å². The summed E-state index contributed by atoms with van der Waals surface area (Å²) < 4.78 is 18.3. The van der Waals surface area contributed by atoms with Crippen molar-refractivity contribution in [2.75, 3.05) is 6.54 Å². The highest BCUT2D eigenvalue weighted by molar-refractivity contribution is 5.95. The van der Waals surface area contributed by atoms with E-state index in [1.165, 1.54) is 29.8 Å². The highest BCUT2D eigenvalue weighted by Crippen LogP contribution is 2.14. The Hall–Kier alpha value is -2.95. The van der Waals surface area contributed by atoms with Crippen LogP contribution in [0.5, 0.6) is 0 Å². The Morgan fingerprint density at radius 2 is 1.88 bits per heavy atom. The Labute approximate surface area is 137 Å². The minimum Gasteiger partial charge on any atom is -0.417 e. The first kappa shape index (κ1) is 15.9. The summed E-state index contributed by atoms with van der Waals surface area (Å²) in [7, 11) is 0. The molecule has 0 aliphatic carbocycles. The third-order valence-electron chi connectivity index (χ3n) is 3.72. The highest BCUT2D eigenvalue weighted by atomic mass is 19.1. The lowest BCUT2D eigenvalue weighted by atomic mass is 10.1. The van der Waals surface area contributed by atoms with E-state index in [0.717, 1.165) is 12.8 Å². The van der Waals surface area contributed by atoms with E-state index in [-0.39, 0.29) is 11.1 Å². The first-order valence-electron chi connectivity index (χ1n) is 7.69. The van der Waals surface area contributed by atoms with Gasteiger partial charge in [-0.1, -0.05) is 30.3 Å². The van der Waals surface area contributed by atoms with Crippen LogP contribution in [-0.4, -0.2) is 12.5 Å². The summed E-state index contributed by atoms with van der Waals surface area (Å²) in [6, 6.07) is 15.1. The maximum atomic E-state index is 13.3. The maximum Gasteiger partial charge on any atom is 0.344 e. The van der Waals surface area contributed by atoms with E-state index in [1.54, 1.807) is 0 Å². The predicted octanol–water partition coefficient (Wildman–Crippen LogP) is 3.29. The highest BCUT2D eigenvalue weighted by Gasteiger charge is 2.12. The van der Waals surface area contributed by atoms with Crippen molar-refractivity contribution in [2.45, 2.75) is 12.8 Å². The molecule has 1 amide bonds. The van der Waals surface area contributed by atoms with Crippen LogP contribution < -0.4 is 10.9 Å². The number of hydrogen-bond acceptors (Lipinski definition) is 3. The fourth-order valence-electron chi connectivity index (χ4n) is 2.50. The molecule has 0 unspecified atom stereocenters. The van der Waals surface area contributed by atoms with Gasteiger partial charge < -0.3 is 9.73 Å². The Morgan fingerprint density at radius 3 is 2.67 bits per heavy atom. The quantitative estimate of drug-likeness (QED) is 0.732. The van der Waals surface area contributed by atoms with Gasteiger partial charge in [0.05, 0.1) is 5.39 Å². The van der Waals surface area contributed by atoms with E-state index in [4.69, 9.17) is 4.42 Å². The number of rotatable bonds is 5. The monoisotopic (exact) mass is 325 g/mol. The van der Waals surface area contributed by atoms with Gasteiger partial charge in [-0.3, -0.25) is 4.79 Å². The Bertz CT molecular complexity index is 919. The third kappa shape index (κ3) is 3.68. The van der Waals surface area contributed by atoms with E-state index >= 15 is 0 Å². The maximum absolute atomic E-state index is 13.3. The fourth-order valence-corrected chi connectivity index (χ4v) is 2.50. The molecular formula is C19H16FNO3. The van der Waals surface area contributed by atoms with Gasteiger partial charge >= 0.3 is 5.63 Å². The van der Waals surface area contributed by atoms with Crippen LogP contribution in [-0.2, 0) is 6.42 Å². The number of fused-ring (bicyclic) bond motifs is 1. The number of halogens is 1. The molecule has 1 aromatic heterocycles. The standard InChI is InChI=1S/C19H16FNO3/c20-15-8-9-16-14(11-15)12-17(24-19(16)23)18(22)21-10-4-7-13-5-2-1-3-6-13/h1-3,5-6,8-9,11-12H,4,7,10H2,(H,21,22). The van der Waals surface area contributed by atoms with Crippen molar-refractivity contribution in [3.8, 4) is 0 Å². The molecule has 0 saturated heterocycles. The molecule has 0 atom stereocenters. The van der Waals surface area contributed by atoms with Crippen LogP contribution in [0.4, 0.5) is 4.39 Å². The number of carbonyl (C=O) groups excluding carboxylic acids is 1. The molecule has 1 heterocycles. The van der Waals surface area contributed by atoms with Crippen molar-refractivity contribution in [2.24, 2.45) is 0 Å². The molecule has 1 N–H and O–H groups in total. The number of nitrogens with one attached hydrogen (secondary N) is 1.